The van der Waals surface area contributed by atoms with Crippen molar-refractivity contribution in [1.82, 2.24) is 5.48 Å². The average molecular weight is 552 g/mol. The zero-order chi connectivity index (χ0) is 30.5. The minimum atomic E-state index is -0.698. The van der Waals surface area contributed by atoms with Crippen LogP contribution in [0, 0.1) is 10.8 Å². The molecule has 0 aliphatic heterocycles. The Bertz CT molecular complexity index is 1270. The summed E-state index contributed by atoms with van der Waals surface area (Å²) in [6.45, 7) is 16.2. The summed E-state index contributed by atoms with van der Waals surface area (Å²) in [6, 6.07) is 10.6. The van der Waals surface area contributed by atoms with Gasteiger partial charge >= 0.3 is 5.97 Å². The predicted octanol–water partition coefficient (Wildman–Crippen LogP) is 6.16. The van der Waals surface area contributed by atoms with Crippen LogP contribution in [0.2, 0.25) is 0 Å². The molecule has 0 aliphatic rings. The van der Waals surface area contributed by atoms with Gasteiger partial charge in [0, 0.05) is 39.5 Å². The van der Waals surface area contributed by atoms with Crippen LogP contribution in [-0.2, 0) is 14.4 Å². The maximum atomic E-state index is 13.6. The third kappa shape index (κ3) is 9.23. The number of ether oxygens (including phenoxy) is 1. The van der Waals surface area contributed by atoms with Gasteiger partial charge in [-0.25, -0.2) is 5.48 Å². The fourth-order valence-corrected chi connectivity index (χ4v) is 3.72. The van der Waals surface area contributed by atoms with Crippen molar-refractivity contribution in [2.45, 2.75) is 80.8 Å². The minimum absolute atomic E-state index is 0.0254. The quantitative estimate of drug-likeness (QED) is 0.163. The van der Waals surface area contributed by atoms with E-state index in [1.54, 1.807) is 53.7 Å². The second kappa shape index (κ2) is 12.7. The molecule has 216 valence electrons. The highest BCUT2D eigenvalue weighted by Crippen LogP contribution is 2.25. The molecule has 0 spiro atoms. The van der Waals surface area contributed by atoms with Gasteiger partial charge < -0.3 is 4.74 Å². The summed E-state index contributed by atoms with van der Waals surface area (Å²) in [5, 5.41) is 0. The lowest BCUT2D eigenvalue weighted by Gasteiger charge is -2.19. The van der Waals surface area contributed by atoms with Crippen LogP contribution < -0.4 is 5.48 Å². The van der Waals surface area contributed by atoms with E-state index in [4.69, 9.17) is 9.57 Å². The second-order valence-corrected chi connectivity index (χ2v) is 12.8. The van der Waals surface area contributed by atoms with Gasteiger partial charge in [0.25, 0.3) is 5.91 Å². The summed E-state index contributed by atoms with van der Waals surface area (Å²) in [6.07, 6.45) is 0.438. The highest BCUT2D eigenvalue weighted by molar-refractivity contribution is 6.16. The van der Waals surface area contributed by atoms with E-state index in [1.165, 1.54) is 30.3 Å². The first-order valence-corrected chi connectivity index (χ1v) is 13.3. The standard InChI is InChI=1S/C32H41NO7/c1-30(2,3)27(36)21-14-12-20(13-15-21)26(35)24-19-22(28(37)31(4,5)6)16-17-23(24)29(38)33-39-18-10-11-25(34)40-32(7,8)9/h12-17,19H,10-11,18H2,1-9H3,(H,33,38). The molecule has 0 unspecified atom stereocenters. The molecular weight excluding hydrogens is 510 g/mol. The lowest BCUT2D eigenvalue weighted by Crippen LogP contribution is -2.28. The average Bonchev–Trinajstić information content (AvgIpc) is 2.84. The Morgan fingerprint density at radius 3 is 1.70 bits per heavy atom. The minimum Gasteiger partial charge on any atom is -0.460 e. The van der Waals surface area contributed by atoms with Gasteiger partial charge in [-0.05, 0) is 39.3 Å². The summed E-state index contributed by atoms with van der Waals surface area (Å²) in [5.41, 5.74) is 1.54. The van der Waals surface area contributed by atoms with E-state index < -0.39 is 28.1 Å². The van der Waals surface area contributed by atoms with Crippen molar-refractivity contribution in [2.75, 3.05) is 6.61 Å². The van der Waals surface area contributed by atoms with Crippen LogP contribution in [0.4, 0.5) is 0 Å². The van der Waals surface area contributed by atoms with E-state index in [0.29, 0.717) is 17.5 Å². The number of nitrogens with one attached hydrogen (secondary N) is 1. The topological polar surface area (TPSA) is 116 Å². The van der Waals surface area contributed by atoms with Crippen LogP contribution in [0.15, 0.2) is 42.5 Å². The Balaban J connectivity index is 2.27. The number of ketones is 3. The van der Waals surface area contributed by atoms with Gasteiger partial charge in [-0.1, -0.05) is 71.9 Å². The number of Topliss-reactive ketones (excluding diaryl/α,β-unsaturated/α-hetero) is 2. The number of hydroxylamine groups is 1. The molecule has 0 bridgehead atoms. The van der Waals surface area contributed by atoms with Gasteiger partial charge in [0.1, 0.15) is 5.60 Å². The molecule has 2 aromatic rings. The van der Waals surface area contributed by atoms with Gasteiger partial charge in [-0.15, -0.1) is 0 Å². The van der Waals surface area contributed by atoms with E-state index in [9.17, 15) is 24.0 Å². The van der Waals surface area contributed by atoms with Crippen LogP contribution in [-0.4, -0.2) is 41.4 Å². The first-order chi connectivity index (χ1) is 18.3. The molecule has 0 heterocycles. The van der Waals surface area contributed by atoms with Crippen LogP contribution >= 0.6 is 0 Å². The number of esters is 1. The molecule has 0 saturated heterocycles. The molecule has 2 aromatic carbocycles. The number of benzene rings is 2. The molecule has 0 saturated carbocycles. The fraction of sp³-hybridized carbons (Fsp3) is 0.469. The van der Waals surface area contributed by atoms with Crippen molar-refractivity contribution in [2.24, 2.45) is 10.8 Å². The lowest BCUT2D eigenvalue weighted by molar-refractivity contribution is -0.155. The number of hydrogen-bond donors (Lipinski definition) is 1. The molecule has 40 heavy (non-hydrogen) atoms. The smallest absolute Gasteiger partial charge is 0.306 e. The Labute approximate surface area is 236 Å². The molecule has 0 aromatic heterocycles. The third-order valence-corrected chi connectivity index (χ3v) is 5.75. The summed E-state index contributed by atoms with van der Waals surface area (Å²) >= 11 is 0. The van der Waals surface area contributed by atoms with Gasteiger partial charge in [0.05, 0.1) is 12.2 Å². The number of carbonyl (C=O) groups is 5. The Hall–Kier alpha value is -3.65. The Morgan fingerprint density at radius 2 is 1.18 bits per heavy atom. The van der Waals surface area contributed by atoms with E-state index in [0.717, 1.165) is 0 Å². The number of rotatable bonds is 10. The van der Waals surface area contributed by atoms with Crippen molar-refractivity contribution in [3.63, 3.8) is 0 Å². The Kier molecular flexibility index (Phi) is 10.3. The molecule has 1 N–H and O–H groups in total. The van der Waals surface area contributed by atoms with Crippen molar-refractivity contribution < 1.29 is 33.5 Å². The van der Waals surface area contributed by atoms with Gasteiger partial charge in [-0.2, -0.15) is 0 Å². The van der Waals surface area contributed by atoms with Gasteiger partial charge in [0.15, 0.2) is 17.3 Å². The normalized spacial score (nSPS) is 12.0. The summed E-state index contributed by atoms with van der Waals surface area (Å²) < 4.78 is 5.24. The highest BCUT2D eigenvalue weighted by Gasteiger charge is 2.27. The molecule has 0 aliphatic carbocycles. The fourth-order valence-electron chi connectivity index (χ4n) is 3.72. The first kappa shape index (κ1) is 32.6. The predicted molar refractivity (Wildman–Crippen MR) is 152 cm³/mol. The molecule has 0 atom stereocenters. The SMILES string of the molecule is CC(C)(C)OC(=O)CCCONC(=O)c1ccc(C(=O)C(C)(C)C)cc1C(=O)c1ccc(C(=O)C(C)(C)C)cc1. The van der Waals surface area contributed by atoms with Crippen LogP contribution in [0.1, 0.15) is 122 Å². The molecular formula is C32H41NO7. The monoisotopic (exact) mass is 551 g/mol. The maximum Gasteiger partial charge on any atom is 0.306 e. The summed E-state index contributed by atoms with van der Waals surface area (Å²) in [5.74, 6) is -1.76. The molecule has 8 nitrogen and oxygen atoms in total. The number of carbonyl (C=O) groups excluding carboxylic acids is 5. The number of hydrogen-bond acceptors (Lipinski definition) is 7. The van der Waals surface area contributed by atoms with Crippen molar-refractivity contribution in [3.05, 3.63) is 70.3 Å². The largest absolute Gasteiger partial charge is 0.460 e. The van der Waals surface area contributed by atoms with Gasteiger partial charge in [0.2, 0.25) is 0 Å². The zero-order valence-corrected chi connectivity index (χ0v) is 25.0. The van der Waals surface area contributed by atoms with Gasteiger partial charge in [-0.3, -0.25) is 28.8 Å². The zero-order valence-electron chi connectivity index (χ0n) is 25.0. The molecule has 1 amide bonds. The molecule has 2 rings (SSSR count). The number of amides is 1. The molecule has 8 heteroatoms. The summed E-state index contributed by atoms with van der Waals surface area (Å²) in [7, 11) is 0. The van der Waals surface area contributed by atoms with Crippen LogP contribution in [0.25, 0.3) is 0 Å². The summed E-state index contributed by atoms with van der Waals surface area (Å²) in [4.78, 5) is 69.2. The third-order valence-electron chi connectivity index (χ3n) is 5.75. The van der Waals surface area contributed by atoms with E-state index in [1.807, 2.05) is 20.8 Å². The first-order valence-electron chi connectivity index (χ1n) is 13.3. The van der Waals surface area contributed by atoms with E-state index in [2.05, 4.69) is 5.48 Å². The van der Waals surface area contributed by atoms with Crippen LogP contribution in [0.5, 0.6) is 0 Å². The molecule has 0 fully saturated rings. The highest BCUT2D eigenvalue weighted by atomic mass is 16.6. The Morgan fingerprint density at radius 1 is 0.675 bits per heavy atom. The van der Waals surface area contributed by atoms with E-state index >= 15 is 0 Å². The lowest BCUT2D eigenvalue weighted by atomic mass is 9.84. The molecule has 0 radical (unpaired) electrons. The maximum absolute atomic E-state index is 13.6. The van der Waals surface area contributed by atoms with Crippen molar-refractivity contribution >= 4 is 29.2 Å². The van der Waals surface area contributed by atoms with Crippen LogP contribution in [0.3, 0.4) is 0 Å². The van der Waals surface area contributed by atoms with Crippen molar-refractivity contribution in [3.8, 4) is 0 Å². The van der Waals surface area contributed by atoms with Crippen molar-refractivity contribution in [1.29, 1.82) is 0 Å². The van der Waals surface area contributed by atoms with E-state index in [-0.39, 0.29) is 47.3 Å². The second-order valence-electron chi connectivity index (χ2n) is 12.8.